The Labute approximate surface area is 127 Å². The van der Waals surface area contributed by atoms with Gasteiger partial charge in [0.1, 0.15) is 0 Å². The average molecular weight is 314 g/mol. The third kappa shape index (κ3) is 3.30. The maximum absolute atomic E-state index is 11.9. The van der Waals surface area contributed by atoms with Gasteiger partial charge in [0.05, 0.1) is 12.1 Å². The zero-order valence-corrected chi connectivity index (χ0v) is 14.6. The monoisotopic (exact) mass is 314 g/mol. The van der Waals surface area contributed by atoms with Gasteiger partial charge in [0.2, 0.25) is 0 Å². The van der Waals surface area contributed by atoms with Crippen LogP contribution in [0.3, 0.4) is 0 Å². The van der Waals surface area contributed by atoms with Crippen LogP contribution in [0.2, 0.25) is 18.1 Å². The van der Waals surface area contributed by atoms with E-state index in [0.29, 0.717) is 13.0 Å². The van der Waals surface area contributed by atoms with Crippen LogP contribution in [0, 0.1) is 0 Å². The highest BCUT2D eigenvalue weighted by Gasteiger charge is 2.46. The van der Waals surface area contributed by atoms with Gasteiger partial charge in [-0.3, -0.25) is 4.79 Å². The number of carbonyl (C=O) groups excluding carboxylic acids is 2. The molecule has 2 amide bonds. The fourth-order valence-corrected chi connectivity index (χ4v) is 3.82. The molecule has 7 heteroatoms. The van der Waals surface area contributed by atoms with Crippen molar-refractivity contribution in [2.24, 2.45) is 0 Å². The number of cyclic esters (lactones) is 1. The van der Waals surface area contributed by atoms with E-state index >= 15 is 0 Å². The minimum absolute atomic E-state index is 0.0878. The summed E-state index contributed by atoms with van der Waals surface area (Å²) in [5, 5.41) is 3.39. The normalized spacial score (nSPS) is 28.0. The lowest BCUT2D eigenvalue weighted by atomic mass is 10.0. The van der Waals surface area contributed by atoms with E-state index in [1.165, 1.54) is 4.90 Å². The van der Waals surface area contributed by atoms with E-state index in [4.69, 9.17) is 9.16 Å². The van der Waals surface area contributed by atoms with Crippen molar-refractivity contribution in [2.45, 2.75) is 57.5 Å². The quantitative estimate of drug-likeness (QED) is 0.803. The summed E-state index contributed by atoms with van der Waals surface area (Å²) >= 11 is 0. The highest BCUT2D eigenvalue weighted by Crippen LogP contribution is 2.38. The van der Waals surface area contributed by atoms with Crippen LogP contribution in [0.25, 0.3) is 0 Å². The van der Waals surface area contributed by atoms with Crippen LogP contribution in [0.4, 0.5) is 4.79 Å². The van der Waals surface area contributed by atoms with Crippen LogP contribution in [0.5, 0.6) is 0 Å². The molecule has 0 radical (unpaired) electrons. The minimum atomic E-state index is -1.96. The Morgan fingerprint density at radius 2 is 2.00 bits per heavy atom. The number of nitrogens with zero attached hydrogens (tertiary/aromatic N) is 1. The molecule has 2 fully saturated rings. The highest BCUT2D eigenvalue weighted by atomic mass is 28.4. The highest BCUT2D eigenvalue weighted by molar-refractivity contribution is 6.74. The molecular weight excluding hydrogens is 288 g/mol. The molecule has 0 saturated carbocycles. The predicted molar refractivity (Wildman–Crippen MR) is 81.5 cm³/mol. The van der Waals surface area contributed by atoms with Crippen molar-refractivity contribution in [3.63, 3.8) is 0 Å². The van der Waals surface area contributed by atoms with Crippen molar-refractivity contribution < 1.29 is 18.8 Å². The number of hydrogen-bond acceptors (Lipinski definition) is 5. The summed E-state index contributed by atoms with van der Waals surface area (Å²) < 4.78 is 11.3. The van der Waals surface area contributed by atoms with Gasteiger partial charge in [-0.2, -0.15) is 0 Å². The van der Waals surface area contributed by atoms with E-state index in [0.717, 1.165) is 6.54 Å². The number of carbonyl (C=O) groups is 2. The van der Waals surface area contributed by atoms with Crippen molar-refractivity contribution in [2.75, 3.05) is 19.7 Å². The first-order valence-electron chi connectivity index (χ1n) is 7.51. The molecule has 6 nitrogen and oxygen atoms in total. The molecule has 2 rings (SSSR count). The lowest BCUT2D eigenvalue weighted by Gasteiger charge is -2.44. The van der Waals surface area contributed by atoms with Crippen molar-refractivity contribution in [1.29, 1.82) is 0 Å². The smallest absolute Gasteiger partial charge is 0.417 e. The minimum Gasteiger partial charge on any atom is -0.439 e. The topological polar surface area (TPSA) is 67.9 Å². The van der Waals surface area contributed by atoms with Gasteiger partial charge < -0.3 is 14.5 Å². The summed E-state index contributed by atoms with van der Waals surface area (Å²) in [5.74, 6) is -0.254. The Morgan fingerprint density at radius 3 is 2.52 bits per heavy atom. The molecule has 0 spiro atoms. The van der Waals surface area contributed by atoms with Gasteiger partial charge in [0.25, 0.3) is 5.91 Å². The molecule has 2 atom stereocenters. The Hall–Kier alpha value is -0.923. The summed E-state index contributed by atoms with van der Waals surface area (Å²) in [4.78, 5) is 25.0. The van der Waals surface area contributed by atoms with Crippen molar-refractivity contribution >= 4 is 20.3 Å². The first kappa shape index (κ1) is 16.4. The van der Waals surface area contributed by atoms with Crippen molar-refractivity contribution in [3.8, 4) is 0 Å². The standard InChI is InChI=1S/C14H26N2O4Si/c1-14(2,3)21(4,5)20-11-8-15-7-6-10(11)16-12(17)9-19-13(16)18/h10-11,15H,6-9H2,1-5H3/t10-,11-/m0/s1. The molecule has 120 valence electrons. The van der Waals surface area contributed by atoms with Crippen molar-refractivity contribution in [3.05, 3.63) is 0 Å². The Morgan fingerprint density at radius 1 is 1.33 bits per heavy atom. The van der Waals surface area contributed by atoms with Crippen LogP contribution >= 0.6 is 0 Å². The second kappa shape index (κ2) is 5.70. The van der Waals surface area contributed by atoms with Gasteiger partial charge in [-0.25, -0.2) is 9.69 Å². The summed E-state index contributed by atoms with van der Waals surface area (Å²) in [7, 11) is -1.96. The number of ether oxygens (including phenoxy) is 1. The van der Waals surface area contributed by atoms with Gasteiger partial charge in [-0.1, -0.05) is 20.8 Å². The van der Waals surface area contributed by atoms with E-state index in [-0.39, 0.29) is 29.7 Å². The maximum atomic E-state index is 11.9. The molecule has 21 heavy (non-hydrogen) atoms. The van der Waals surface area contributed by atoms with Crippen LogP contribution in [-0.2, 0) is 14.0 Å². The third-order valence-electron chi connectivity index (χ3n) is 4.76. The first-order chi connectivity index (χ1) is 9.63. The predicted octanol–water partition coefficient (Wildman–Crippen LogP) is 1.72. The van der Waals surface area contributed by atoms with Gasteiger partial charge in [0.15, 0.2) is 14.9 Å². The molecule has 2 heterocycles. The number of imide groups is 1. The second-order valence-electron chi connectivity index (χ2n) is 7.30. The van der Waals surface area contributed by atoms with Gasteiger partial charge in [-0.15, -0.1) is 0 Å². The second-order valence-corrected chi connectivity index (χ2v) is 12.1. The van der Waals surface area contributed by atoms with E-state index in [9.17, 15) is 9.59 Å². The zero-order chi connectivity index (χ0) is 15.8. The van der Waals surface area contributed by atoms with Gasteiger partial charge in [-0.05, 0) is 31.1 Å². The van der Waals surface area contributed by atoms with E-state index in [1.807, 2.05) is 0 Å². The average Bonchev–Trinajstić information content (AvgIpc) is 2.68. The molecule has 2 aliphatic rings. The Kier molecular flexibility index (Phi) is 4.46. The number of hydrogen-bond donors (Lipinski definition) is 1. The van der Waals surface area contributed by atoms with Crippen LogP contribution in [0.1, 0.15) is 27.2 Å². The van der Waals surface area contributed by atoms with Crippen LogP contribution in [-0.4, -0.2) is 57.1 Å². The fraction of sp³-hybridized carbons (Fsp3) is 0.857. The summed E-state index contributed by atoms with van der Waals surface area (Å²) in [5.41, 5.74) is 0. The Bertz CT molecular complexity index is 417. The number of rotatable bonds is 3. The largest absolute Gasteiger partial charge is 0.439 e. The Balaban J connectivity index is 2.16. The molecule has 0 aromatic carbocycles. The van der Waals surface area contributed by atoms with Gasteiger partial charge in [0, 0.05) is 6.54 Å². The van der Waals surface area contributed by atoms with E-state index in [1.54, 1.807) is 0 Å². The lowest BCUT2D eigenvalue weighted by Crippen LogP contribution is -2.59. The van der Waals surface area contributed by atoms with Crippen LogP contribution in [0.15, 0.2) is 0 Å². The zero-order valence-electron chi connectivity index (χ0n) is 13.6. The van der Waals surface area contributed by atoms with E-state index in [2.05, 4.69) is 39.2 Å². The molecule has 2 aliphatic heterocycles. The summed E-state index contributed by atoms with van der Waals surface area (Å²) in [6, 6.07) is -0.220. The summed E-state index contributed by atoms with van der Waals surface area (Å²) in [6.07, 6.45) is 0.0186. The van der Waals surface area contributed by atoms with E-state index < -0.39 is 14.4 Å². The molecule has 0 aliphatic carbocycles. The molecule has 0 bridgehead atoms. The molecular formula is C14H26N2O4Si. The number of amides is 2. The fourth-order valence-electron chi connectivity index (χ4n) is 2.47. The summed E-state index contributed by atoms with van der Waals surface area (Å²) in [6.45, 7) is 12.2. The first-order valence-corrected chi connectivity index (χ1v) is 10.4. The SMILES string of the molecule is CC(C)(C)[Si](C)(C)O[C@H]1CNCC[C@@H]1N1C(=O)COC1=O. The van der Waals surface area contributed by atoms with Crippen molar-refractivity contribution in [1.82, 2.24) is 10.2 Å². The molecule has 2 saturated heterocycles. The van der Waals surface area contributed by atoms with Gasteiger partial charge >= 0.3 is 6.09 Å². The molecule has 1 N–H and O–H groups in total. The molecule has 0 unspecified atom stereocenters. The molecule has 0 aromatic heterocycles. The number of nitrogens with one attached hydrogen (secondary N) is 1. The maximum Gasteiger partial charge on any atom is 0.417 e. The third-order valence-corrected chi connectivity index (χ3v) is 9.26. The van der Waals surface area contributed by atoms with Crippen LogP contribution < -0.4 is 5.32 Å². The lowest BCUT2D eigenvalue weighted by molar-refractivity contribution is -0.129. The molecule has 0 aromatic rings. The number of piperidine rings is 1.